The Morgan fingerprint density at radius 1 is 1.05 bits per heavy atom. The van der Waals surface area contributed by atoms with Gasteiger partial charge in [0.05, 0.1) is 0 Å². The Balaban J connectivity index is 1.80. The molecule has 2 aromatic rings. The first kappa shape index (κ1) is 15.0. The number of nitrogens with one attached hydrogen (secondary N) is 2. The molecule has 2 rings (SSSR count). The van der Waals surface area contributed by atoms with Crippen LogP contribution in [-0.4, -0.2) is 12.5 Å². The standard InChI is InChI=1S/C16H16F2N2O/c1-11-3-2-4-13(9-11)20-16(21)7-8-19-12-5-6-14(17)15(18)10-12/h2-6,9-10,19H,7-8H2,1H3,(H,20,21). The van der Waals surface area contributed by atoms with Crippen molar-refractivity contribution < 1.29 is 13.6 Å². The average Bonchev–Trinajstić information content (AvgIpc) is 2.43. The number of anilines is 2. The van der Waals surface area contributed by atoms with E-state index in [9.17, 15) is 13.6 Å². The number of carbonyl (C=O) groups excluding carboxylic acids is 1. The van der Waals surface area contributed by atoms with Gasteiger partial charge in [0.2, 0.25) is 5.91 Å². The summed E-state index contributed by atoms with van der Waals surface area (Å²) in [5.41, 5.74) is 2.25. The second kappa shape index (κ2) is 6.83. The van der Waals surface area contributed by atoms with Crippen LogP contribution in [0.15, 0.2) is 42.5 Å². The molecule has 3 nitrogen and oxygen atoms in total. The molecular weight excluding hydrogens is 274 g/mol. The Bertz CT molecular complexity index is 644. The molecule has 0 saturated heterocycles. The molecule has 0 fully saturated rings. The summed E-state index contributed by atoms with van der Waals surface area (Å²) in [4.78, 5) is 11.7. The van der Waals surface area contributed by atoms with E-state index in [0.717, 1.165) is 23.4 Å². The molecule has 0 aliphatic heterocycles. The normalized spacial score (nSPS) is 10.2. The van der Waals surface area contributed by atoms with Gasteiger partial charge in [-0.05, 0) is 42.8 Å². The zero-order chi connectivity index (χ0) is 15.2. The first-order chi connectivity index (χ1) is 10.0. The number of amides is 1. The van der Waals surface area contributed by atoms with Crippen molar-refractivity contribution in [1.29, 1.82) is 0 Å². The van der Waals surface area contributed by atoms with E-state index >= 15 is 0 Å². The topological polar surface area (TPSA) is 41.1 Å². The van der Waals surface area contributed by atoms with E-state index in [1.54, 1.807) is 0 Å². The summed E-state index contributed by atoms with van der Waals surface area (Å²) in [5.74, 6) is -1.95. The van der Waals surface area contributed by atoms with Crippen LogP contribution in [0.3, 0.4) is 0 Å². The summed E-state index contributed by atoms with van der Waals surface area (Å²) in [6, 6.07) is 11.0. The van der Waals surface area contributed by atoms with E-state index in [0.29, 0.717) is 12.2 Å². The molecule has 0 aliphatic rings. The van der Waals surface area contributed by atoms with Crippen LogP contribution in [0.25, 0.3) is 0 Å². The van der Waals surface area contributed by atoms with Gasteiger partial charge in [-0.1, -0.05) is 12.1 Å². The summed E-state index contributed by atoms with van der Waals surface area (Å²) in [7, 11) is 0. The fourth-order valence-corrected chi connectivity index (χ4v) is 1.87. The van der Waals surface area contributed by atoms with Crippen LogP contribution in [0.5, 0.6) is 0 Å². The Morgan fingerprint density at radius 3 is 2.57 bits per heavy atom. The van der Waals surface area contributed by atoms with Crippen molar-refractivity contribution >= 4 is 17.3 Å². The third kappa shape index (κ3) is 4.56. The zero-order valence-corrected chi connectivity index (χ0v) is 11.6. The first-order valence-corrected chi connectivity index (χ1v) is 6.60. The van der Waals surface area contributed by atoms with Gasteiger partial charge < -0.3 is 10.6 Å². The van der Waals surface area contributed by atoms with Crippen molar-refractivity contribution in [2.45, 2.75) is 13.3 Å². The van der Waals surface area contributed by atoms with E-state index < -0.39 is 11.6 Å². The number of carbonyl (C=O) groups is 1. The summed E-state index contributed by atoms with van der Waals surface area (Å²) < 4.78 is 25.8. The fourth-order valence-electron chi connectivity index (χ4n) is 1.87. The van der Waals surface area contributed by atoms with Gasteiger partial charge in [-0.15, -0.1) is 0 Å². The summed E-state index contributed by atoms with van der Waals surface area (Å²) in [6.07, 6.45) is 0.229. The average molecular weight is 290 g/mol. The number of aryl methyl sites for hydroxylation is 1. The van der Waals surface area contributed by atoms with Gasteiger partial charge in [0.15, 0.2) is 11.6 Å². The predicted molar refractivity (Wildman–Crippen MR) is 79.3 cm³/mol. The molecule has 1 amide bonds. The predicted octanol–water partition coefficient (Wildman–Crippen LogP) is 3.71. The molecule has 0 heterocycles. The van der Waals surface area contributed by atoms with Crippen LogP contribution in [0.4, 0.5) is 20.2 Å². The lowest BCUT2D eigenvalue weighted by Gasteiger charge is -2.08. The summed E-state index contributed by atoms with van der Waals surface area (Å²) in [5, 5.41) is 5.65. The van der Waals surface area contributed by atoms with Gasteiger partial charge in [-0.25, -0.2) is 8.78 Å². The maximum Gasteiger partial charge on any atom is 0.226 e. The van der Waals surface area contributed by atoms with Crippen molar-refractivity contribution in [1.82, 2.24) is 0 Å². The monoisotopic (exact) mass is 290 g/mol. The molecule has 0 unspecified atom stereocenters. The highest BCUT2D eigenvalue weighted by molar-refractivity contribution is 5.91. The van der Waals surface area contributed by atoms with Crippen LogP contribution in [0, 0.1) is 18.6 Å². The molecule has 0 atom stereocenters. The molecule has 2 aromatic carbocycles. The lowest BCUT2D eigenvalue weighted by Crippen LogP contribution is -2.16. The van der Waals surface area contributed by atoms with E-state index in [4.69, 9.17) is 0 Å². The maximum absolute atomic E-state index is 13.0. The summed E-state index contributed by atoms with van der Waals surface area (Å²) >= 11 is 0. The van der Waals surface area contributed by atoms with Crippen LogP contribution >= 0.6 is 0 Å². The van der Waals surface area contributed by atoms with Crippen molar-refractivity contribution in [2.75, 3.05) is 17.2 Å². The van der Waals surface area contributed by atoms with E-state index in [1.165, 1.54) is 6.07 Å². The second-order valence-corrected chi connectivity index (χ2v) is 4.72. The molecule has 0 bridgehead atoms. The molecule has 5 heteroatoms. The zero-order valence-electron chi connectivity index (χ0n) is 11.6. The molecule has 0 spiro atoms. The second-order valence-electron chi connectivity index (χ2n) is 4.72. The van der Waals surface area contributed by atoms with Gasteiger partial charge in [-0.3, -0.25) is 4.79 Å². The molecule has 0 saturated carbocycles. The third-order valence-electron chi connectivity index (χ3n) is 2.90. The quantitative estimate of drug-likeness (QED) is 0.881. The lowest BCUT2D eigenvalue weighted by atomic mass is 10.2. The smallest absolute Gasteiger partial charge is 0.226 e. The van der Waals surface area contributed by atoms with Crippen molar-refractivity contribution in [3.05, 3.63) is 59.7 Å². The van der Waals surface area contributed by atoms with Crippen molar-refractivity contribution in [3.8, 4) is 0 Å². The minimum atomic E-state index is -0.913. The van der Waals surface area contributed by atoms with Crippen LogP contribution in [0.1, 0.15) is 12.0 Å². The largest absolute Gasteiger partial charge is 0.384 e. The van der Waals surface area contributed by atoms with Gasteiger partial charge in [-0.2, -0.15) is 0 Å². The minimum Gasteiger partial charge on any atom is -0.384 e. The molecule has 0 aromatic heterocycles. The molecule has 2 N–H and O–H groups in total. The number of rotatable bonds is 5. The molecule has 21 heavy (non-hydrogen) atoms. The molecule has 0 aliphatic carbocycles. The Morgan fingerprint density at radius 2 is 1.86 bits per heavy atom. The molecular formula is C16H16F2N2O. The number of hydrogen-bond donors (Lipinski definition) is 2. The first-order valence-electron chi connectivity index (χ1n) is 6.60. The SMILES string of the molecule is Cc1cccc(NC(=O)CCNc2ccc(F)c(F)c2)c1. The maximum atomic E-state index is 13.0. The van der Waals surface area contributed by atoms with Gasteiger partial charge in [0, 0.05) is 24.3 Å². The van der Waals surface area contributed by atoms with Crippen LogP contribution in [-0.2, 0) is 4.79 Å². The fraction of sp³-hybridized carbons (Fsp3) is 0.188. The highest BCUT2D eigenvalue weighted by Gasteiger charge is 2.04. The van der Waals surface area contributed by atoms with Crippen molar-refractivity contribution in [2.24, 2.45) is 0 Å². The minimum absolute atomic E-state index is 0.143. The molecule has 110 valence electrons. The number of benzene rings is 2. The van der Waals surface area contributed by atoms with Gasteiger partial charge in [0.1, 0.15) is 0 Å². The lowest BCUT2D eigenvalue weighted by molar-refractivity contribution is -0.115. The van der Waals surface area contributed by atoms with Crippen LogP contribution in [0.2, 0.25) is 0 Å². The van der Waals surface area contributed by atoms with Gasteiger partial charge >= 0.3 is 0 Å². The van der Waals surface area contributed by atoms with Gasteiger partial charge in [0.25, 0.3) is 0 Å². The number of hydrogen-bond acceptors (Lipinski definition) is 2. The Hall–Kier alpha value is -2.43. The van der Waals surface area contributed by atoms with E-state index in [-0.39, 0.29) is 12.3 Å². The number of halogens is 2. The highest BCUT2D eigenvalue weighted by atomic mass is 19.2. The van der Waals surface area contributed by atoms with E-state index in [2.05, 4.69) is 10.6 Å². The Kier molecular flexibility index (Phi) is 4.87. The highest BCUT2D eigenvalue weighted by Crippen LogP contribution is 2.13. The third-order valence-corrected chi connectivity index (χ3v) is 2.90. The van der Waals surface area contributed by atoms with Crippen molar-refractivity contribution in [3.63, 3.8) is 0 Å². The van der Waals surface area contributed by atoms with E-state index in [1.807, 2.05) is 31.2 Å². The Labute approximate surface area is 122 Å². The van der Waals surface area contributed by atoms with Crippen LogP contribution < -0.4 is 10.6 Å². The summed E-state index contributed by atoms with van der Waals surface area (Å²) in [6.45, 7) is 2.28. The molecule has 0 radical (unpaired) electrons.